The Labute approximate surface area is 116 Å². The highest BCUT2D eigenvalue weighted by Crippen LogP contribution is 2.33. The molecule has 0 aromatic carbocycles. The number of nitrogens with one attached hydrogen (secondary N) is 1. The van der Waals surface area contributed by atoms with Crippen molar-refractivity contribution in [2.75, 3.05) is 6.54 Å². The maximum atomic E-state index is 11.6. The third kappa shape index (κ3) is 1.60. The number of rotatable bonds is 1. The van der Waals surface area contributed by atoms with E-state index in [9.17, 15) is 4.79 Å². The van der Waals surface area contributed by atoms with E-state index in [-0.39, 0.29) is 5.91 Å². The third-order valence-electron chi connectivity index (χ3n) is 3.58. The average molecular weight is 264 g/mol. The molecular formula is C15H12N4O. The van der Waals surface area contributed by atoms with Gasteiger partial charge < -0.3 is 10.2 Å². The van der Waals surface area contributed by atoms with Crippen LogP contribution >= 0.6 is 0 Å². The number of amidine groups is 1. The summed E-state index contributed by atoms with van der Waals surface area (Å²) in [6.07, 6.45) is 7.74. The first-order valence-electron chi connectivity index (χ1n) is 6.52. The second-order valence-corrected chi connectivity index (χ2v) is 4.80. The van der Waals surface area contributed by atoms with E-state index in [1.54, 1.807) is 18.5 Å². The fourth-order valence-corrected chi connectivity index (χ4v) is 2.72. The fraction of sp³-hybridized carbons (Fsp3) is 0.133. The van der Waals surface area contributed by atoms with Gasteiger partial charge in [0.25, 0.3) is 0 Å². The van der Waals surface area contributed by atoms with Crippen molar-refractivity contribution >= 4 is 11.7 Å². The zero-order chi connectivity index (χ0) is 13.5. The molecule has 20 heavy (non-hydrogen) atoms. The normalized spacial score (nSPS) is 20.2. The largest absolute Gasteiger partial charge is 0.324 e. The Morgan fingerprint density at radius 2 is 2.20 bits per heavy atom. The van der Waals surface area contributed by atoms with Gasteiger partial charge in [-0.3, -0.25) is 9.78 Å². The van der Waals surface area contributed by atoms with E-state index in [0.29, 0.717) is 0 Å². The minimum atomic E-state index is -0.0796. The summed E-state index contributed by atoms with van der Waals surface area (Å²) in [5.41, 5.74) is 3.82. The summed E-state index contributed by atoms with van der Waals surface area (Å²) in [5, 5.41) is 2.94. The number of nitrogens with zero attached hydrogens (tertiary/aromatic N) is 3. The van der Waals surface area contributed by atoms with Crippen molar-refractivity contribution in [3.63, 3.8) is 0 Å². The van der Waals surface area contributed by atoms with Gasteiger partial charge in [-0.2, -0.15) is 0 Å². The van der Waals surface area contributed by atoms with E-state index in [2.05, 4.69) is 20.2 Å². The molecule has 0 saturated carbocycles. The van der Waals surface area contributed by atoms with Gasteiger partial charge in [0.05, 0.1) is 5.70 Å². The van der Waals surface area contributed by atoms with Crippen LogP contribution in [0.15, 0.2) is 64.7 Å². The molecule has 0 radical (unpaired) electrons. The van der Waals surface area contributed by atoms with Gasteiger partial charge in [-0.15, -0.1) is 0 Å². The summed E-state index contributed by atoms with van der Waals surface area (Å²) in [7, 11) is 0. The van der Waals surface area contributed by atoms with E-state index in [1.807, 2.05) is 24.3 Å². The number of aromatic nitrogens is 1. The van der Waals surface area contributed by atoms with Crippen LogP contribution in [0.4, 0.5) is 0 Å². The van der Waals surface area contributed by atoms with Crippen LogP contribution in [0.25, 0.3) is 0 Å². The van der Waals surface area contributed by atoms with Gasteiger partial charge in [-0.05, 0) is 18.2 Å². The lowest BCUT2D eigenvalue weighted by Gasteiger charge is -2.26. The summed E-state index contributed by atoms with van der Waals surface area (Å²) < 4.78 is 0. The van der Waals surface area contributed by atoms with Crippen molar-refractivity contribution in [2.45, 2.75) is 6.42 Å². The number of hydrogen-bond donors (Lipinski definition) is 1. The van der Waals surface area contributed by atoms with Crippen molar-refractivity contribution < 1.29 is 4.79 Å². The van der Waals surface area contributed by atoms with Gasteiger partial charge in [-0.25, -0.2) is 4.99 Å². The molecule has 98 valence electrons. The highest BCUT2D eigenvalue weighted by molar-refractivity contribution is 6.01. The summed E-state index contributed by atoms with van der Waals surface area (Å²) in [6.45, 7) is 0.811. The second kappa shape index (κ2) is 4.16. The van der Waals surface area contributed by atoms with Gasteiger partial charge in [0.1, 0.15) is 5.69 Å². The van der Waals surface area contributed by atoms with Gasteiger partial charge in [0.2, 0.25) is 5.91 Å². The highest BCUT2D eigenvalue weighted by atomic mass is 16.1. The van der Waals surface area contributed by atoms with E-state index in [1.165, 1.54) is 0 Å². The number of allylic oxidation sites excluding steroid dienone is 1. The zero-order valence-corrected chi connectivity index (χ0v) is 10.7. The number of carbonyl (C=O) groups excluding carboxylic acids is 1. The maximum absolute atomic E-state index is 11.6. The standard InChI is InChI=1S/C15H12N4O/c20-13-5-4-10-9-17-15(12-3-1-2-7-16-12)19-8-6-11(18-13)14(10)19/h1-5,7,9H,6,8H2,(H,18,20). The molecular weight excluding hydrogens is 252 g/mol. The Hall–Kier alpha value is -2.69. The first kappa shape index (κ1) is 11.2. The highest BCUT2D eigenvalue weighted by Gasteiger charge is 2.32. The molecule has 0 unspecified atom stereocenters. The van der Waals surface area contributed by atoms with Crippen molar-refractivity contribution in [1.29, 1.82) is 0 Å². The lowest BCUT2D eigenvalue weighted by atomic mass is 10.1. The van der Waals surface area contributed by atoms with Crippen LogP contribution in [0, 0.1) is 0 Å². The van der Waals surface area contributed by atoms with E-state index in [0.717, 1.165) is 41.5 Å². The predicted molar refractivity (Wildman–Crippen MR) is 74.5 cm³/mol. The smallest absolute Gasteiger partial charge is 0.248 e. The molecule has 0 spiro atoms. The molecule has 0 bridgehead atoms. The topological polar surface area (TPSA) is 57.6 Å². The van der Waals surface area contributed by atoms with Crippen LogP contribution in [-0.4, -0.2) is 28.2 Å². The van der Waals surface area contributed by atoms with Crippen LogP contribution < -0.4 is 5.32 Å². The zero-order valence-electron chi connectivity index (χ0n) is 10.7. The SMILES string of the molecule is O=C1C=CC2=CN=C(c3ccccn3)N3CCC(=C23)N1. The molecule has 0 saturated heterocycles. The van der Waals surface area contributed by atoms with Gasteiger partial charge in [-0.1, -0.05) is 6.07 Å². The Morgan fingerprint density at radius 3 is 3.05 bits per heavy atom. The predicted octanol–water partition coefficient (Wildman–Crippen LogP) is 1.33. The first-order chi connectivity index (χ1) is 9.83. The fourth-order valence-electron chi connectivity index (χ4n) is 2.72. The van der Waals surface area contributed by atoms with E-state index < -0.39 is 0 Å². The van der Waals surface area contributed by atoms with Crippen molar-refractivity contribution in [3.8, 4) is 0 Å². The summed E-state index contributed by atoms with van der Waals surface area (Å²) in [4.78, 5) is 22.7. The van der Waals surface area contributed by atoms with Crippen LogP contribution in [-0.2, 0) is 4.79 Å². The van der Waals surface area contributed by atoms with E-state index in [4.69, 9.17) is 0 Å². The molecule has 5 heteroatoms. The minimum absolute atomic E-state index is 0.0796. The van der Waals surface area contributed by atoms with Crippen molar-refractivity contribution in [2.24, 2.45) is 4.99 Å². The molecule has 5 nitrogen and oxygen atoms in total. The number of carbonyl (C=O) groups is 1. The maximum Gasteiger partial charge on any atom is 0.248 e. The lowest BCUT2D eigenvalue weighted by Crippen LogP contribution is -2.32. The summed E-state index contributed by atoms with van der Waals surface area (Å²) in [5.74, 6) is 0.757. The molecule has 0 aliphatic carbocycles. The average Bonchev–Trinajstić information content (AvgIpc) is 2.82. The molecule has 1 amide bonds. The minimum Gasteiger partial charge on any atom is -0.324 e. The number of aliphatic imine (C=N–C) groups is 1. The van der Waals surface area contributed by atoms with Crippen molar-refractivity contribution in [3.05, 3.63) is 65.4 Å². The second-order valence-electron chi connectivity index (χ2n) is 4.80. The van der Waals surface area contributed by atoms with E-state index >= 15 is 0 Å². The Bertz CT molecular complexity index is 713. The molecule has 3 aliphatic heterocycles. The quantitative estimate of drug-likeness (QED) is 0.832. The monoisotopic (exact) mass is 264 g/mol. The van der Waals surface area contributed by atoms with Gasteiger partial charge in [0, 0.05) is 42.7 Å². The Morgan fingerprint density at radius 1 is 1.25 bits per heavy atom. The number of hydrogen-bond acceptors (Lipinski definition) is 4. The molecule has 0 atom stereocenters. The molecule has 4 heterocycles. The molecule has 3 aliphatic rings. The third-order valence-corrected chi connectivity index (χ3v) is 3.58. The van der Waals surface area contributed by atoms with Crippen LogP contribution in [0.1, 0.15) is 12.1 Å². The molecule has 1 N–H and O–H groups in total. The first-order valence-corrected chi connectivity index (χ1v) is 6.52. The Balaban J connectivity index is 1.85. The van der Waals surface area contributed by atoms with Crippen LogP contribution in [0.5, 0.6) is 0 Å². The Kier molecular flexibility index (Phi) is 2.32. The van der Waals surface area contributed by atoms with Gasteiger partial charge >= 0.3 is 0 Å². The summed E-state index contributed by atoms with van der Waals surface area (Å²) in [6, 6.07) is 5.78. The van der Waals surface area contributed by atoms with Crippen LogP contribution in [0.3, 0.4) is 0 Å². The molecule has 4 rings (SSSR count). The molecule has 1 aromatic heterocycles. The number of pyridine rings is 1. The van der Waals surface area contributed by atoms with Crippen LogP contribution in [0.2, 0.25) is 0 Å². The molecule has 1 aromatic rings. The summed E-state index contributed by atoms with van der Waals surface area (Å²) >= 11 is 0. The lowest BCUT2D eigenvalue weighted by molar-refractivity contribution is -0.115. The van der Waals surface area contributed by atoms with Crippen molar-refractivity contribution in [1.82, 2.24) is 15.2 Å². The number of amides is 1. The van der Waals surface area contributed by atoms with Gasteiger partial charge in [0.15, 0.2) is 5.84 Å². The molecule has 0 fully saturated rings.